The Hall–Kier alpha value is -3.93. The molecule has 1 fully saturated rings. The van der Waals surface area contributed by atoms with E-state index in [2.05, 4.69) is 30.2 Å². The van der Waals surface area contributed by atoms with Gasteiger partial charge in [0.25, 0.3) is 5.91 Å². The summed E-state index contributed by atoms with van der Waals surface area (Å²) in [6.07, 6.45) is -12.8. The number of methoxy groups -OCH3 is 1. The number of carbonyl (C=O) groups is 2. The van der Waals surface area contributed by atoms with Gasteiger partial charge in [-0.25, -0.2) is 14.4 Å². The summed E-state index contributed by atoms with van der Waals surface area (Å²) in [6.45, 7) is 2.81. The summed E-state index contributed by atoms with van der Waals surface area (Å²) in [5.41, 5.74) is 0.975. The monoisotopic (exact) mass is 607 g/mol. The fourth-order valence-electron chi connectivity index (χ4n) is 4.47. The molecule has 0 saturated carbocycles. The first-order valence-electron chi connectivity index (χ1n) is 12.5. The minimum Gasteiger partial charge on any atom is -0.382 e. The van der Waals surface area contributed by atoms with Crippen molar-refractivity contribution in [2.24, 2.45) is 0 Å². The zero-order valence-electron chi connectivity index (χ0n) is 22.6. The first kappa shape index (κ1) is 31.0. The number of alkyl halides is 6. The average Bonchev–Trinajstić information content (AvgIpc) is 3.62. The van der Waals surface area contributed by atoms with E-state index in [0.717, 1.165) is 11.8 Å². The molecule has 42 heavy (non-hydrogen) atoms. The molecule has 2 aromatic heterocycles. The second kappa shape index (κ2) is 11.7. The van der Waals surface area contributed by atoms with Gasteiger partial charge in [0.1, 0.15) is 23.6 Å². The number of nitrogens with one attached hydrogen (secondary N) is 3. The van der Waals surface area contributed by atoms with E-state index < -0.39 is 61.2 Å². The highest BCUT2D eigenvalue weighted by atomic mass is 19.4. The minimum absolute atomic E-state index is 0.0193. The summed E-state index contributed by atoms with van der Waals surface area (Å²) >= 11 is 0. The van der Waals surface area contributed by atoms with E-state index in [1.807, 2.05) is 5.32 Å². The zero-order valence-corrected chi connectivity index (χ0v) is 22.6. The topological polar surface area (TPSA) is 147 Å². The van der Waals surface area contributed by atoms with Crippen molar-refractivity contribution in [2.75, 3.05) is 20.3 Å². The molecule has 1 aliphatic rings. The molecule has 1 saturated heterocycles. The van der Waals surface area contributed by atoms with Crippen LogP contribution in [-0.4, -0.2) is 88.0 Å². The number of hydrogen-bond donors (Lipinski definition) is 3. The molecule has 1 aromatic carbocycles. The number of H-pyrrole nitrogens is 1. The van der Waals surface area contributed by atoms with Crippen LogP contribution < -0.4 is 10.6 Å². The lowest BCUT2D eigenvalue weighted by Gasteiger charge is -2.27. The Morgan fingerprint density at radius 1 is 1.21 bits per heavy atom. The second-order valence-electron chi connectivity index (χ2n) is 9.74. The van der Waals surface area contributed by atoms with Gasteiger partial charge in [-0.15, -0.1) is 0 Å². The second-order valence-corrected chi connectivity index (χ2v) is 9.74. The van der Waals surface area contributed by atoms with Gasteiger partial charge in [-0.3, -0.25) is 4.79 Å². The quantitative estimate of drug-likeness (QED) is 0.296. The van der Waals surface area contributed by atoms with Gasteiger partial charge in [0, 0.05) is 7.11 Å². The van der Waals surface area contributed by atoms with Crippen LogP contribution in [0, 0.1) is 6.92 Å². The molecular weight excluding hydrogens is 580 g/mol. The Balaban J connectivity index is 1.67. The fourth-order valence-corrected chi connectivity index (χ4v) is 4.47. The highest BCUT2D eigenvalue weighted by Crippen LogP contribution is 2.32. The fraction of sp³-hybridized carbons (Fsp3) is 0.542. The number of fused-ring (bicyclic) bond motifs is 1. The van der Waals surface area contributed by atoms with Crippen LogP contribution in [0.5, 0.6) is 0 Å². The van der Waals surface area contributed by atoms with E-state index in [4.69, 9.17) is 9.47 Å². The van der Waals surface area contributed by atoms with Gasteiger partial charge >= 0.3 is 18.4 Å². The molecule has 5 atom stereocenters. The van der Waals surface area contributed by atoms with Crippen LogP contribution in [0.3, 0.4) is 0 Å². The van der Waals surface area contributed by atoms with Crippen molar-refractivity contribution in [1.29, 1.82) is 0 Å². The third-order valence-corrected chi connectivity index (χ3v) is 6.74. The van der Waals surface area contributed by atoms with E-state index in [0.29, 0.717) is 11.1 Å². The summed E-state index contributed by atoms with van der Waals surface area (Å²) in [4.78, 5) is 33.7. The molecule has 12 nitrogen and oxygen atoms in total. The van der Waals surface area contributed by atoms with E-state index >= 15 is 0 Å². The van der Waals surface area contributed by atoms with Gasteiger partial charge in [0.15, 0.2) is 11.8 Å². The van der Waals surface area contributed by atoms with Crippen molar-refractivity contribution in [3.8, 4) is 0 Å². The molecular formula is C24H27F6N7O5. The maximum absolute atomic E-state index is 13.3. The van der Waals surface area contributed by atoms with Gasteiger partial charge in [-0.1, -0.05) is 11.2 Å². The zero-order chi connectivity index (χ0) is 31.0. The van der Waals surface area contributed by atoms with E-state index in [-0.39, 0.29) is 29.3 Å². The molecule has 0 unspecified atom stereocenters. The van der Waals surface area contributed by atoms with Crippen molar-refractivity contribution in [1.82, 2.24) is 35.8 Å². The summed E-state index contributed by atoms with van der Waals surface area (Å²) in [6, 6.07) is -0.562. The van der Waals surface area contributed by atoms with E-state index in [1.165, 1.54) is 33.1 Å². The maximum atomic E-state index is 13.3. The lowest BCUT2D eigenvalue weighted by Crippen LogP contribution is -2.41. The molecule has 3 amide bonds. The van der Waals surface area contributed by atoms with Crippen LogP contribution in [0.25, 0.3) is 11.0 Å². The molecule has 1 aliphatic heterocycles. The number of halogens is 6. The van der Waals surface area contributed by atoms with Gasteiger partial charge in [-0.05, 0) is 43.6 Å². The Morgan fingerprint density at radius 2 is 1.93 bits per heavy atom. The average molecular weight is 608 g/mol. The lowest BCUT2D eigenvalue weighted by molar-refractivity contribution is -0.227. The number of amides is 3. The third-order valence-electron chi connectivity index (χ3n) is 6.74. The first-order chi connectivity index (χ1) is 19.6. The molecule has 0 radical (unpaired) electrons. The molecule has 3 aromatic rings. The van der Waals surface area contributed by atoms with Crippen LogP contribution >= 0.6 is 0 Å². The molecule has 3 N–H and O–H groups in total. The number of rotatable bonds is 10. The van der Waals surface area contributed by atoms with Crippen molar-refractivity contribution in [3.05, 3.63) is 41.0 Å². The SMILES string of the molecule is COC[C@H](c1ccc2[nH]c([C@@H](NC(=O)c3nonc3C)[C@@H](C)O[C@@H](C)C(F)(F)F)nc2c1)N1C[C@@H](C(F)(F)F)NC1=O. The highest BCUT2D eigenvalue weighted by Gasteiger charge is 2.48. The number of aromatic nitrogens is 4. The number of aryl methyl sites for hydroxylation is 1. The Morgan fingerprint density at radius 3 is 2.50 bits per heavy atom. The first-order valence-corrected chi connectivity index (χ1v) is 12.5. The number of nitrogens with zero attached hydrogens (tertiary/aromatic N) is 4. The third kappa shape index (κ3) is 6.59. The Bertz CT molecular complexity index is 1420. The van der Waals surface area contributed by atoms with Crippen LogP contribution in [-0.2, 0) is 9.47 Å². The number of imidazole rings is 1. The van der Waals surface area contributed by atoms with Gasteiger partial charge in [-0.2, -0.15) is 26.3 Å². The number of aromatic amines is 1. The maximum Gasteiger partial charge on any atom is 0.414 e. The molecule has 0 spiro atoms. The van der Waals surface area contributed by atoms with Crippen LogP contribution in [0.2, 0.25) is 0 Å². The minimum atomic E-state index is -4.68. The van der Waals surface area contributed by atoms with Gasteiger partial charge in [0.2, 0.25) is 0 Å². The van der Waals surface area contributed by atoms with Crippen molar-refractivity contribution in [2.45, 2.75) is 63.5 Å². The summed E-state index contributed by atoms with van der Waals surface area (Å²) in [5, 5.41) is 11.5. The molecule has 4 rings (SSSR count). The summed E-state index contributed by atoms with van der Waals surface area (Å²) in [5.74, 6) is -0.791. The Labute approximate surface area is 234 Å². The number of benzene rings is 1. The molecule has 230 valence electrons. The van der Waals surface area contributed by atoms with Crippen molar-refractivity contribution >= 4 is 23.0 Å². The number of carbonyl (C=O) groups excluding carboxylic acids is 2. The normalized spacial score (nSPS) is 19.0. The van der Waals surface area contributed by atoms with Crippen molar-refractivity contribution in [3.63, 3.8) is 0 Å². The predicted octanol–water partition coefficient (Wildman–Crippen LogP) is 3.72. The van der Waals surface area contributed by atoms with Crippen LogP contribution in [0.4, 0.5) is 31.1 Å². The van der Waals surface area contributed by atoms with Crippen molar-refractivity contribution < 1.29 is 50.0 Å². The van der Waals surface area contributed by atoms with Crippen LogP contribution in [0.15, 0.2) is 22.8 Å². The van der Waals surface area contributed by atoms with E-state index in [9.17, 15) is 35.9 Å². The number of urea groups is 1. The van der Waals surface area contributed by atoms with Crippen LogP contribution in [0.1, 0.15) is 53.5 Å². The molecule has 3 heterocycles. The Kier molecular flexibility index (Phi) is 8.68. The summed E-state index contributed by atoms with van der Waals surface area (Å²) < 4.78 is 94.4. The van der Waals surface area contributed by atoms with E-state index in [1.54, 1.807) is 6.07 Å². The van der Waals surface area contributed by atoms with Gasteiger partial charge in [0.05, 0.1) is 36.3 Å². The largest absolute Gasteiger partial charge is 0.414 e. The summed E-state index contributed by atoms with van der Waals surface area (Å²) in [7, 11) is 1.33. The molecule has 0 bridgehead atoms. The highest BCUT2D eigenvalue weighted by molar-refractivity contribution is 5.93. The van der Waals surface area contributed by atoms with Gasteiger partial charge < -0.3 is 30.0 Å². The molecule has 18 heteroatoms. The number of hydrogen-bond acceptors (Lipinski definition) is 8. The number of ether oxygens (including phenoxy) is 2. The standard InChI is InChI=1S/C24H27F6N7O5/c1-10-18(36-42-35-10)21(38)34-19(11(2)41-12(3)23(25,26)27)20-31-14-6-5-13(7-15(14)32-20)16(9-40-4)37-8-17(24(28,29)30)33-22(37)39/h5-7,11-12,16-17,19H,8-9H2,1-4H3,(H,31,32)(H,33,39)(H,34,38)/t11-,12+,16-,17+,19+/m1/s1. The molecule has 0 aliphatic carbocycles. The smallest absolute Gasteiger partial charge is 0.382 e. The predicted molar refractivity (Wildman–Crippen MR) is 131 cm³/mol. The lowest BCUT2D eigenvalue weighted by atomic mass is 10.1.